The maximum absolute atomic E-state index is 14.2. The number of aromatic nitrogens is 4. The molecular weight excluding hydrogens is 973 g/mol. The minimum absolute atomic E-state index is 0.0898. The summed E-state index contributed by atoms with van der Waals surface area (Å²) in [5.74, 6) is -1.92. The Morgan fingerprint density at radius 1 is 0.577 bits per heavy atom. The van der Waals surface area contributed by atoms with Gasteiger partial charge in [0.1, 0.15) is 11.4 Å². The highest BCUT2D eigenvalue weighted by atomic mass is 32.1. The number of nitrogens with zero attached hydrogens (tertiary/aromatic N) is 10. The van der Waals surface area contributed by atoms with Gasteiger partial charge in [0.05, 0.1) is 28.3 Å². The van der Waals surface area contributed by atoms with E-state index in [2.05, 4.69) is 45.0 Å². The lowest BCUT2D eigenvalue weighted by atomic mass is 10.0. The standard InChI is InChI=1S/C51H42N12O4S4/c1-4-35-39(6-3)70-48(52-35)58-57-44-42(61-63(46(44)65)50-54-37(27-68-50)30-16-9-7-10-17-30)33-21-13-15-29(25-33)23-24-40-36(5-2)53-49(71-40)59-56-43-41(31-18-11-8-12-19-31)60-62(45(43)64)51-55-38(28-69-51)32-20-14-22-34(26-32)47(66)67/h7-22,25-28H,4-6,23-24H2,1-3H3,(H,52,58)(H,53,59)(H,66,67)/b56-43-,57-44-. The average Bonchev–Trinajstić information content (AvgIpc) is 4.29. The maximum atomic E-state index is 14.2. The van der Waals surface area contributed by atoms with Crippen LogP contribution in [-0.4, -0.2) is 65.7 Å². The van der Waals surface area contributed by atoms with Crippen LogP contribution in [0.1, 0.15) is 69.0 Å². The highest BCUT2D eigenvalue weighted by Gasteiger charge is 2.37. The molecule has 354 valence electrons. The van der Waals surface area contributed by atoms with Gasteiger partial charge in [0.25, 0.3) is 0 Å². The second-order valence-electron chi connectivity index (χ2n) is 16.0. The third-order valence-electron chi connectivity index (χ3n) is 11.4. The molecule has 2 aliphatic rings. The maximum Gasteiger partial charge on any atom is 0.335 e. The van der Waals surface area contributed by atoms with E-state index < -0.39 is 17.8 Å². The van der Waals surface area contributed by atoms with Crippen molar-refractivity contribution in [2.24, 2.45) is 20.4 Å². The Balaban J connectivity index is 0.885. The number of carbonyl (C=O) groups excluding carboxylic acids is 2. The molecule has 20 heteroatoms. The van der Waals surface area contributed by atoms with Crippen molar-refractivity contribution < 1.29 is 19.5 Å². The van der Waals surface area contributed by atoms with Crippen molar-refractivity contribution in [1.29, 1.82) is 0 Å². The molecule has 0 saturated heterocycles. The molecule has 71 heavy (non-hydrogen) atoms. The van der Waals surface area contributed by atoms with Gasteiger partial charge < -0.3 is 5.11 Å². The number of hydrazone groups is 4. The number of hydrogen-bond acceptors (Lipinski definition) is 17. The Bertz CT molecular complexity index is 3430. The third-order valence-corrected chi connectivity index (χ3v) is 15.3. The molecule has 0 aliphatic carbocycles. The highest BCUT2D eigenvalue weighted by molar-refractivity contribution is 7.16. The lowest BCUT2D eigenvalue weighted by Crippen LogP contribution is -2.28. The summed E-state index contributed by atoms with van der Waals surface area (Å²) in [6.45, 7) is 6.22. The summed E-state index contributed by atoms with van der Waals surface area (Å²) < 4.78 is 0. The van der Waals surface area contributed by atoms with E-state index in [1.807, 2.05) is 97.2 Å². The number of carbonyl (C=O) groups is 3. The van der Waals surface area contributed by atoms with Gasteiger partial charge in [-0.3, -0.25) is 20.4 Å². The van der Waals surface area contributed by atoms with Crippen LogP contribution in [0.3, 0.4) is 0 Å². The van der Waals surface area contributed by atoms with Gasteiger partial charge in [-0.05, 0) is 55.9 Å². The van der Waals surface area contributed by atoms with Gasteiger partial charge in [0.15, 0.2) is 11.4 Å². The first-order chi connectivity index (χ1) is 34.7. The summed E-state index contributed by atoms with van der Waals surface area (Å²) in [5.41, 5.74) is 14.5. The Labute approximate surface area is 423 Å². The third kappa shape index (κ3) is 9.82. The van der Waals surface area contributed by atoms with E-state index in [0.29, 0.717) is 68.0 Å². The number of hydrogen-bond donors (Lipinski definition) is 3. The predicted octanol–water partition coefficient (Wildman–Crippen LogP) is 10.5. The molecule has 0 saturated carbocycles. The van der Waals surface area contributed by atoms with Gasteiger partial charge in [0, 0.05) is 42.8 Å². The zero-order valence-corrected chi connectivity index (χ0v) is 41.6. The van der Waals surface area contributed by atoms with Crippen molar-refractivity contribution in [1.82, 2.24) is 19.9 Å². The summed E-state index contributed by atoms with van der Waals surface area (Å²) in [5, 5.41) is 36.4. The van der Waals surface area contributed by atoms with Crippen molar-refractivity contribution in [2.45, 2.75) is 52.9 Å². The number of thiazole rings is 4. The number of carboxylic acid groups (broad SMARTS) is 1. The number of anilines is 4. The number of aryl methyl sites for hydroxylation is 5. The van der Waals surface area contributed by atoms with E-state index >= 15 is 0 Å². The van der Waals surface area contributed by atoms with Crippen molar-refractivity contribution in [3.63, 3.8) is 0 Å². The molecule has 3 N–H and O–H groups in total. The average molecular weight is 1020 g/mol. The smallest absolute Gasteiger partial charge is 0.335 e. The first-order valence-electron chi connectivity index (χ1n) is 22.6. The van der Waals surface area contributed by atoms with Crippen LogP contribution in [0, 0.1) is 0 Å². The van der Waals surface area contributed by atoms with E-state index in [0.717, 1.165) is 51.5 Å². The molecule has 2 aliphatic heterocycles. The lowest BCUT2D eigenvalue weighted by Gasteiger charge is -2.06. The van der Waals surface area contributed by atoms with Crippen LogP contribution < -0.4 is 20.9 Å². The van der Waals surface area contributed by atoms with Crippen LogP contribution in [-0.2, 0) is 41.7 Å². The van der Waals surface area contributed by atoms with E-state index in [1.165, 1.54) is 66.3 Å². The largest absolute Gasteiger partial charge is 0.478 e. The monoisotopic (exact) mass is 1010 g/mol. The number of benzene rings is 4. The van der Waals surface area contributed by atoms with Gasteiger partial charge in [-0.25, -0.2) is 24.7 Å². The Hall–Kier alpha value is -7.91. The second kappa shape index (κ2) is 20.6. The van der Waals surface area contributed by atoms with Gasteiger partial charge in [0.2, 0.25) is 20.5 Å². The predicted molar refractivity (Wildman–Crippen MR) is 285 cm³/mol. The van der Waals surface area contributed by atoms with Crippen LogP contribution in [0.4, 0.5) is 20.5 Å². The van der Waals surface area contributed by atoms with E-state index in [9.17, 15) is 19.5 Å². The first-order valence-corrected chi connectivity index (χ1v) is 26.0. The molecule has 0 fully saturated rings. The van der Waals surface area contributed by atoms with Crippen LogP contribution in [0.15, 0.2) is 140 Å². The molecule has 0 spiro atoms. The van der Waals surface area contributed by atoms with E-state index in [4.69, 9.17) is 20.1 Å². The second-order valence-corrected chi connectivity index (χ2v) is 19.8. The van der Waals surface area contributed by atoms with Crippen molar-refractivity contribution >= 4 is 107 Å². The molecule has 6 heterocycles. The molecule has 0 bridgehead atoms. The van der Waals surface area contributed by atoms with E-state index in [1.54, 1.807) is 23.6 Å². The molecule has 0 radical (unpaired) electrons. The molecule has 0 atom stereocenters. The van der Waals surface area contributed by atoms with Crippen molar-refractivity contribution in [3.8, 4) is 22.5 Å². The lowest BCUT2D eigenvalue weighted by molar-refractivity contribution is -0.112. The zero-order chi connectivity index (χ0) is 49.0. The van der Waals surface area contributed by atoms with Crippen molar-refractivity contribution in [3.05, 3.63) is 163 Å². The summed E-state index contributed by atoms with van der Waals surface area (Å²) in [6, 6.07) is 33.6. The minimum atomic E-state index is -1.04. The molecule has 4 aromatic heterocycles. The Morgan fingerprint density at radius 2 is 1.10 bits per heavy atom. The summed E-state index contributed by atoms with van der Waals surface area (Å²) in [7, 11) is 0. The molecule has 8 aromatic rings. The molecule has 16 nitrogen and oxygen atoms in total. The number of aromatic carboxylic acids is 1. The number of rotatable bonds is 17. The molecule has 0 unspecified atom stereocenters. The van der Waals surface area contributed by atoms with Crippen LogP contribution in [0.5, 0.6) is 0 Å². The van der Waals surface area contributed by atoms with Gasteiger partial charge in [-0.2, -0.15) is 30.4 Å². The fraction of sp³-hybridized carbons (Fsp3) is 0.157. The minimum Gasteiger partial charge on any atom is -0.478 e. The quantitative estimate of drug-likeness (QED) is 0.0737. The van der Waals surface area contributed by atoms with Crippen LogP contribution >= 0.6 is 45.3 Å². The van der Waals surface area contributed by atoms with Gasteiger partial charge in [-0.15, -0.1) is 45.3 Å². The zero-order valence-electron chi connectivity index (χ0n) is 38.4. The number of nitrogens with one attached hydrogen (secondary N) is 2. The number of amides is 2. The fourth-order valence-corrected chi connectivity index (χ4v) is 11.4. The summed E-state index contributed by atoms with van der Waals surface area (Å²) in [6.07, 6.45) is 3.65. The normalized spacial score (nSPS) is 14.7. The Morgan fingerprint density at radius 3 is 1.68 bits per heavy atom. The fourth-order valence-electron chi connectivity index (χ4n) is 7.87. The molecule has 10 rings (SSSR count). The first kappa shape index (κ1) is 46.8. The van der Waals surface area contributed by atoms with Gasteiger partial charge >= 0.3 is 17.8 Å². The Kier molecular flexibility index (Phi) is 13.6. The van der Waals surface area contributed by atoms with Crippen LogP contribution in [0.2, 0.25) is 0 Å². The van der Waals surface area contributed by atoms with Gasteiger partial charge in [-0.1, -0.05) is 112 Å². The summed E-state index contributed by atoms with van der Waals surface area (Å²) in [4.78, 5) is 61.2. The molecule has 4 aromatic carbocycles. The highest BCUT2D eigenvalue weighted by Crippen LogP contribution is 2.34. The molecule has 2 amide bonds. The number of carboxylic acids is 1. The SMILES string of the molecule is CCc1nc(N/N=C2\C(=O)N(c3nc(-c4ccccc4)cs3)N=C2c2cccc(CCc3sc(N/N=C4\C(=O)N(c5nc(-c6cccc(C(=O)O)c6)cs5)N=C4c4ccccc4)nc3CC)c2)sc1CC. The molecular formula is C51H42N12O4S4. The van der Waals surface area contributed by atoms with Crippen LogP contribution in [0.25, 0.3) is 22.5 Å². The summed E-state index contributed by atoms with van der Waals surface area (Å²) >= 11 is 5.54. The van der Waals surface area contributed by atoms with Crippen molar-refractivity contribution in [2.75, 3.05) is 20.9 Å². The van der Waals surface area contributed by atoms with E-state index in [-0.39, 0.29) is 17.0 Å². The topological polar surface area (TPSA) is 203 Å².